The van der Waals surface area contributed by atoms with E-state index in [4.69, 9.17) is 13.9 Å². The van der Waals surface area contributed by atoms with Crippen LogP contribution in [0, 0.1) is 0 Å². The number of halogens is 1. The molecule has 2 atom stereocenters. The summed E-state index contributed by atoms with van der Waals surface area (Å²) in [6.07, 6.45) is -1.96. The molecule has 6 nitrogen and oxygen atoms in total. The second kappa shape index (κ2) is 7.36. The number of ether oxygens (including phenoxy) is 2. The summed E-state index contributed by atoms with van der Waals surface area (Å²) in [6.45, 7) is 0.250. The van der Waals surface area contributed by atoms with Crippen molar-refractivity contribution < 1.29 is 23.1 Å². The Balaban J connectivity index is 1.37. The summed E-state index contributed by atoms with van der Waals surface area (Å²) in [7, 11) is 1.56. The molecule has 0 aliphatic carbocycles. The first-order valence-corrected chi connectivity index (χ1v) is 8.67. The predicted molar refractivity (Wildman–Crippen MR) is 96.4 cm³/mol. The number of alkyl halides is 1. The maximum atomic E-state index is 14.4. The van der Waals surface area contributed by atoms with Gasteiger partial charge in [0.15, 0.2) is 5.58 Å². The van der Waals surface area contributed by atoms with Gasteiger partial charge in [-0.2, -0.15) is 0 Å². The van der Waals surface area contributed by atoms with E-state index < -0.39 is 12.3 Å². The Kier molecular flexibility index (Phi) is 4.77. The standard InChI is InChI=1S/C20H19FN2O4/c1-25-14-8-6-13(7-9-14)20(24)23-10-15(21)18(11-23)26-12-19-22-16-4-2-3-5-17(16)27-19/h2-9,15,18H,10-12H2,1H3. The van der Waals surface area contributed by atoms with Crippen LogP contribution in [0.25, 0.3) is 11.1 Å². The Bertz CT molecular complexity index is 908. The van der Waals surface area contributed by atoms with E-state index in [-0.39, 0.29) is 25.6 Å². The Morgan fingerprint density at radius 3 is 2.74 bits per heavy atom. The number of carbonyl (C=O) groups is 1. The van der Waals surface area contributed by atoms with E-state index in [1.807, 2.05) is 24.3 Å². The lowest BCUT2D eigenvalue weighted by Crippen LogP contribution is -2.30. The first kappa shape index (κ1) is 17.5. The zero-order valence-corrected chi connectivity index (χ0v) is 14.8. The van der Waals surface area contributed by atoms with Crippen LogP contribution in [0.3, 0.4) is 0 Å². The third-order valence-electron chi connectivity index (χ3n) is 4.58. The van der Waals surface area contributed by atoms with Gasteiger partial charge in [0.2, 0.25) is 5.89 Å². The van der Waals surface area contributed by atoms with E-state index in [9.17, 15) is 9.18 Å². The highest BCUT2D eigenvalue weighted by molar-refractivity contribution is 5.94. The first-order chi connectivity index (χ1) is 13.1. The number of nitrogens with zero attached hydrogens (tertiary/aromatic N) is 2. The lowest BCUT2D eigenvalue weighted by Gasteiger charge is -2.16. The molecule has 1 amide bonds. The second-order valence-electron chi connectivity index (χ2n) is 6.38. The third-order valence-corrected chi connectivity index (χ3v) is 4.58. The average molecular weight is 370 g/mol. The summed E-state index contributed by atoms with van der Waals surface area (Å²) in [4.78, 5) is 18.3. The van der Waals surface area contributed by atoms with Crippen molar-refractivity contribution in [3.05, 3.63) is 60.0 Å². The van der Waals surface area contributed by atoms with Gasteiger partial charge < -0.3 is 18.8 Å². The lowest BCUT2D eigenvalue weighted by molar-refractivity contribution is 0.00271. The van der Waals surface area contributed by atoms with Gasteiger partial charge in [0.05, 0.1) is 20.2 Å². The fourth-order valence-corrected chi connectivity index (χ4v) is 3.13. The number of hydrogen-bond donors (Lipinski definition) is 0. The van der Waals surface area contributed by atoms with Crippen molar-refractivity contribution in [2.75, 3.05) is 20.2 Å². The van der Waals surface area contributed by atoms with Crippen LogP contribution in [0.4, 0.5) is 4.39 Å². The summed E-state index contributed by atoms with van der Waals surface area (Å²) in [5.41, 5.74) is 1.88. The fourth-order valence-electron chi connectivity index (χ4n) is 3.13. The van der Waals surface area contributed by atoms with E-state index in [1.54, 1.807) is 31.4 Å². The second-order valence-corrected chi connectivity index (χ2v) is 6.38. The van der Waals surface area contributed by atoms with Gasteiger partial charge in [-0.25, -0.2) is 9.37 Å². The quantitative estimate of drug-likeness (QED) is 0.690. The number of carbonyl (C=O) groups excluding carboxylic acids is 1. The van der Waals surface area contributed by atoms with Gasteiger partial charge in [-0.3, -0.25) is 4.79 Å². The molecule has 1 aliphatic heterocycles. The Morgan fingerprint density at radius 1 is 1.22 bits per heavy atom. The lowest BCUT2D eigenvalue weighted by atomic mass is 10.2. The van der Waals surface area contributed by atoms with Crippen molar-refractivity contribution in [1.29, 1.82) is 0 Å². The molecule has 2 heterocycles. The summed E-state index contributed by atoms with van der Waals surface area (Å²) < 4.78 is 30.7. The van der Waals surface area contributed by atoms with Crippen molar-refractivity contribution in [3.8, 4) is 5.75 Å². The highest BCUT2D eigenvalue weighted by atomic mass is 19.1. The van der Waals surface area contributed by atoms with Crippen LogP contribution in [0.1, 0.15) is 16.2 Å². The van der Waals surface area contributed by atoms with Crippen molar-refractivity contribution in [2.24, 2.45) is 0 Å². The third kappa shape index (κ3) is 3.64. The summed E-state index contributed by atoms with van der Waals surface area (Å²) in [6, 6.07) is 14.1. The fraction of sp³-hybridized carbons (Fsp3) is 0.300. The van der Waals surface area contributed by atoms with Crippen molar-refractivity contribution in [3.63, 3.8) is 0 Å². The molecule has 0 saturated carbocycles. The number of likely N-dealkylation sites (tertiary alicyclic amines) is 1. The Labute approximate surface area is 155 Å². The largest absolute Gasteiger partial charge is 0.497 e. The predicted octanol–water partition coefficient (Wildman–Crippen LogP) is 3.22. The van der Waals surface area contributed by atoms with Gasteiger partial charge >= 0.3 is 0 Å². The van der Waals surface area contributed by atoms with Crippen LogP contribution in [0.5, 0.6) is 5.75 Å². The van der Waals surface area contributed by atoms with E-state index >= 15 is 0 Å². The molecule has 0 spiro atoms. The maximum absolute atomic E-state index is 14.4. The molecular weight excluding hydrogens is 351 g/mol. The van der Waals surface area contributed by atoms with Crippen molar-refractivity contribution >= 4 is 17.0 Å². The molecule has 7 heteroatoms. The smallest absolute Gasteiger partial charge is 0.254 e. The minimum atomic E-state index is -1.25. The summed E-state index contributed by atoms with van der Waals surface area (Å²) in [5.74, 6) is 0.826. The number of aromatic nitrogens is 1. The van der Waals surface area contributed by atoms with Crippen LogP contribution >= 0.6 is 0 Å². The molecule has 27 heavy (non-hydrogen) atoms. The van der Waals surface area contributed by atoms with Crippen LogP contribution < -0.4 is 4.74 Å². The van der Waals surface area contributed by atoms with Gasteiger partial charge in [0.1, 0.15) is 30.1 Å². The number of para-hydroxylation sites is 2. The minimum Gasteiger partial charge on any atom is -0.497 e. The average Bonchev–Trinajstić information content (AvgIpc) is 3.28. The zero-order chi connectivity index (χ0) is 18.8. The van der Waals surface area contributed by atoms with E-state index in [1.165, 1.54) is 4.90 Å². The summed E-state index contributed by atoms with van der Waals surface area (Å²) >= 11 is 0. The number of benzene rings is 2. The molecule has 2 aromatic carbocycles. The maximum Gasteiger partial charge on any atom is 0.254 e. The molecule has 140 valence electrons. The molecule has 1 fully saturated rings. The highest BCUT2D eigenvalue weighted by Crippen LogP contribution is 2.22. The normalized spacial score (nSPS) is 19.6. The van der Waals surface area contributed by atoms with E-state index in [2.05, 4.69) is 4.98 Å². The van der Waals surface area contributed by atoms with Crippen LogP contribution in [-0.4, -0.2) is 48.3 Å². The van der Waals surface area contributed by atoms with Gasteiger partial charge in [-0.05, 0) is 36.4 Å². The number of fused-ring (bicyclic) bond motifs is 1. The van der Waals surface area contributed by atoms with Crippen LogP contribution in [0.2, 0.25) is 0 Å². The van der Waals surface area contributed by atoms with Gasteiger partial charge in [-0.1, -0.05) is 12.1 Å². The molecular formula is C20H19FN2O4. The highest BCUT2D eigenvalue weighted by Gasteiger charge is 2.36. The number of hydrogen-bond acceptors (Lipinski definition) is 5. The monoisotopic (exact) mass is 370 g/mol. The number of oxazole rings is 1. The SMILES string of the molecule is COc1ccc(C(=O)N2CC(F)C(OCc3nc4ccccc4o3)C2)cc1. The van der Waals surface area contributed by atoms with E-state index in [0.29, 0.717) is 22.8 Å². The molecule has 2 unspecified atom stereocenters. The van der Waals surface area contributed by atoms with Crippen LogP contribution in [-0.2, 0) is 11.3 Å². The molecule has 4 rings (SSSR count). The van der Waals surface area contributed by atoms with Gasteiger partial charge in [-0.15, -0.1) is 0 Å². The zero-order valence-electron chi connectivity index (χ0n) is 14.8. The van der Waals surface area contributed by atoms with Gasteiger partial charge in [0, 0.05) is 5.56 Å². The minimum absolute atomic E-state index is 0.00306. The first-order valence-electron chi connectivity index (χ1n) is 8.67. The number of amides is 1. The molecule has 3 aromatic rings. The number of rotatable bonds is 5. The van der Waals surface area contributed by atoms with E-state index in [0.717, 1.165) is 5.52 Å². The molecule has 1 aromatic heterocycles. The molecule has 0 bridgehead atoms. The molecule has 1 saturated heterocycles. The Morgan fingerprint density at radius 2 is 2.00 bits per heavy atom. The molecule has 0 N–H and O–H groups in total. The summed E-state index contributed by atoms with van der Waals surface area (Å²) in [5, 5.41) is 0. The number of methoxy groups -OCH3 is 1. The molecule has 1 aliphatic rings. The molecule has 0 radical (unpaired) electrons. The van der Waals surface area contributed by atoms with Crippen molar-refractivity contribution in [2.45, 2.75) is 18.9 Å². The van der Waals surface area contributed by atoms with Crippen molar-refractivity contribution in [1.82, 2.24) is 9.88 Å². The topological polar surface area (TPSA) is 64.8 Å². The van der Waals surface area contributed by atoms with Gasteiger partial charge in [0.25, 0.3) is 5.91 Å². The van der Waals surface area contributed by atoms with Crippen LogP contribution in [0.15, 0.2) is 52.9 Å². The Hall–Kier alpha value is -2.93.